The van der Waals surface area contributed by atoms with Crippen LogP contribution in [0.1, 0.15) is 178 Å². The number of carbonyl (C=O) groups excluding carboxylic acids is 4. The van der Waals surface area contributed by atoms with Crippen LogP contribution in [0, 0.1) is 21.7 Å². The lowest BCUT2D eigenvalue weighted by molar-refractivity contribution is -0.152. The molecule has 0 spiro atoms. The van der Waals surface area contributed by atoms with Crippen molar-refractivity contribution in [3.63, 3.8) is 0 Å². The quantitative estimate of drug-likeness (QED) is 0.00328. The van der Waals surface area contributed by atoms with Gasteiger partial charge in [0.2, 0.25) is 0 Å². The fourth-order valence-corrected chi connectivity index (χ4v) is 12.7. The first-order valence-electron chi connectivity index (χ1n) is 45.1. The Hall–Kier alpha value is -1.67. The van der Waals surface area contributed by atoms with Gasteiger partial charge in [-0.25, -0.2) is 0 Å². The Bertz CT molecular complexity index is 4250. The van der Waals surface area contributed by atoms with Gasteiger partial charge in [-0.2, -0.15) is 117 Å². The highest BCUT2D eigenvalue weighted by Gasteiger charge is 2.27. The number of esters is 4. The van der Waals surface area contributed by atoms with Crippen LogP contribution in [0.5, 0.6) is 17.2 Å². The van der Waals surface area contributed by atoms with E-state index in [0.29, 0.717) is 47.8 Å². The van der Waals surface area contributed by atoms with Gasteiger partial charge in [0.1, 0.15) is 28.4 Å². The number of aryl methyl sites for hydroxylation is 4. The second kappa shape index (κ2) is 88.7. The van der Waals surface area contributed by atoms with Crippen LogP contribution in [0.2, 0.25) is 0 Å². The van der Waals surface area contributed by atoms with Crippen molar-refractivity contribution < 1.29 is 94.0 Å². The van der Waals surface area contributed by atoms with Crippen LogP contribution in [-0.4, -0.2) is 201 Å². The largest absolute Gasteiger partial charge is 0.508 e. The molecule has 1 saturated heterocycles. The number of hydrogen-bond donors (Lipinski definition) is 12. The van der Waals surface area contributed by atoms with E-state index in [-0.39, 0.29) is 85.9 Å². The van der Waals surface area contributed by atoms with E-state index < -0.39 is 47.6 Å². The van der Waals surface area contributed by atoms with Gasteiger partial charge in [0.25, 0.3) is 20.2 Å². The Morgan fingerprint density at radius 1 is 0.462 bits per heavy atom. The molecule has 0 saturated carbocycles. The lowest BCUT2D eigenvalue weighted by atomic mass is 9.97. The van der Waals surface area contributed by atoms with Crippen LogP contribution in [0.15, 0.2) is 146 Å². The van der Waals surface area contributed by atoms with Crippen molar-refractivity contribution in [1.29, 1.82) is 4.50 Å². The molecule has 1 heterocycles. The Balaban J connectivity index is -0.000000348. The summed E-state index contributed by atoms with van der Waals surface area (Å²) in [4.78, 5) is 47.9. The number of morpholine rings is 1. The first kappa shape index (κ1) is 122. The zero-order valence-corrected chi connectivity index (χ0v) is 95.2. The molecule has 1 fully saturated rings. The summed E-state index contributed by atoms with van der Waals surface area (Å²) in [5.41, 5.74) is 4.77. The summed E-state index contributed by atoms with van der Waals surface area (Å²) in [6.45, 7) is 31.0. The lowest BCUT2D eigenvalue weighted by Gasteiger charge is -2.26. The normalized spacial score (nSPS) is 13.2. The van der Waals surface area contributed by atoms with Gasteiger partial charge in [0.15, 0.2) is 6.07 Å². The van der Waals surface area contributed by atoms with Crippen LogP contribution >= 0.6 is 198 Å². The molecule has 1 aliphatic rings. The Labute approximate surface area is 882 Å². The number of ether oxygens (including phenoxy) is 5. The summed E-state index contributed by atoms with van der Waals surface area (Å²) in [6, 6.07) is 43.8. The Kier molecular flexibility index (Phi) is 83.6. The molecule has 0 aliphatic carbocycles. The maximum Gasteiger partial charge on any atom is 0.316 e. The molecule has 6 aromatic rings. The average molecular weight is 2340 g/mol. The summed E-state index contributed by atoms with van der Waals surface area (Å²) in [5, 5.41) is 37.1. The molecule has 130 heavy (non-hydrogen) atoms. The number of rotatable bonds is 37. The highest BCUT2D eigenvalue weighted by atomic mass is 79.9. The topological polar surface area (TPSA) is 285 Å². The van der Waals surface area contributed by atoms with Gasteiger partial charge in [-0.15, -0.1) is 0 Å². The fourth-order valence-electron chi connectivity index (χ4n) is 8.26. The third kappa shape index (κ3) is 84.4. The summed E-state index contributed by atoms with van der Waals surface area (Å²) in [6.07, 6.45) is 8.74. The van der Waals surface area contributed by atoms with E-state index >= 15 is 0 Å². The van der Waals surface area contributed by atoms with E-state index in [1.54, 1.807) is 108 Å². The summed E-state index contributed by atoms with van der Waals surface area (Å²) in [5.74, 6) is 5.31. The zero-order chi connectivity index (χ0) is 107. The van der Waals surface area contributed by atoms with E-state index in [0.717, 1.165) is 175 Å². The highest BCUT2D eigenvalue weighted by molar-refractivity contribution is 9.24. The second-order valence-corrected chi connectivity index (χ2v) is 44.1. The standard InChI is InChI=1S/C13H18O5S.C13H18O2S.C10H14O3S.C10H14S.C9H19NOS3.C8H10O2.C7H14O2S.C7H8O2.C6H11ClO2.C4H10S2.C3H8S2.C2H4Br2.CH2Br2/c1-13(2,3)12(14)18-11-8-6-5-7-10(11)9-17-19(4,15)16;1-13(2,3)12(14)15-11-7-5-4-6-10(11)8-9-16;1-3-9-6-4-5-7-10(9)8-13-14(2,11)12;1-2-9-5-3-4-6-10(9)7-8-11;12-7-1-8-13-14-9-4-10-2-5-11-6-3-10;9-5-7-3-1-2-4-8(7)6-10;1-7(2,3)6(8)9-4-5-10;8-5-6-3-1-2-4-7(6)9;1-6(2,3)5(8)9-4-7;5-3-1-2-4-6;4-2-1-3-5;3-1-2-4;2-1-3/h5-8H,9H2,1-4H3;4-7,16H,8-9H2,1-3H3;4-7H,3,8H2,1-2H3;3-6,11H,2,7-8H2,1H3;12H,1-9H2;1-4,9-10H,5-6H2;10H,4-5H2,1-3H3;1-4,8-9H,5H2;4H2,1-3H3;5-6H,1-4H2;4-5H,1-3H2;1-2H2;1H2/i;9T;;8T;;;;;;3T;2T;;/hT4. The smallest absolute Gasteiger partial charge is 0.316 e. The fraction of sp³-hybridized carbons (Fsp3) is 0.570. The molecule has 20 nitrogen and oxygen atoms in total. The molecule has 37 heteroatoms. The predicted octanol–water partition coefficient (Wildman–Crippen LogP) is 22.9. The van der Waals surface area contributed by atoms with Crippen molar-refractivity contribution in [2.45, 2.75) is 181 Å². The number of thiol groups is 8. The minimum absolute atomic E-state index is 0.00324. The third-order valence-electron chi connectivity index (χ3n) is 15.2. The van der Waals surface area contributed by atoms with Crippen LogP contribution in [0.25, 0.3) is 0 Å². The van der Waals surface area contributed by atoms with Gasteiger partial charge in [-0.3, -0.25) is 32.4 Å². The molecule has 0 amide bonds. The Morgan fingerprint density at radius 2 is 0.808 bits per heavy atom. The molecule has 0 bridgehead atoms. The van der Waals surface area contributed by atoms with E-state index in [4.69, 9.17) is 69.3 Å². The molecule has 4 N–H and O–H groups in total. The number of phenols is 1. The number of halogens is 5. The first-order valence-corrected chi connectivity index (χ1v) is 56.7. The number of aromatic hydroxyl groups is 1. The summed E-state index contributed by atoms with van der Waals surface area (Å²) >= 11 is 37.7. The molecule has 4 atom stereocenters. The molecule has 4 unspecified atom stereocenters. The van der Waals surface area contributed by atoms with Crippen LogP contribution in [0.4, 0.5) is 0 Å². The number of alkyl halides is 5. The van der Waals surface area contributed by atoms with E-state index in [1.807, 2.05) is 137 Å². The SMILES string of the molecule is BrCBr.BrCCBr.CC(C)(C)C(=O)OCCl.CC(C)(C)C(=O)Oc1ccccc1COS(C)(=O)=O.CCc1ccccc1COS(C)(=O)=O.OCc1ccccc1CO.OCc1ccccc1O.[3H]C(S)Cc1ccccc1CC.[3H]C(S)Cc1ccccc1OC(=O)C(C)(C)C.[3H]SCCC([3H])S.[3H]SCCCC([3H])S.[3H]SCCCSSCCN1CCOCC1.[3H]SCCOC(=O)C(C)(C)C. The molecule has 1 aliphatic heterocycles. The predicted molar refractivity (Wildman–Crippen MR) is 592 cm³/mol. The van der Waals surface area contributed by atoms with Gasteiger partial charge in [-0.1, -0.05) is 238 Å². The van der Waals surface area contributed by atoms with E-state index in [1.165, 1.54) is 41.7 Å². The maximum absolute atomic E-state index is 11.8. The van der Waals surface area contributed by atoms with E-state index in [9.17, 15) is 36.0 Å². The molecular weight excluding hydrogens is 2170 g/mol. The van der Waals surface area contributed by atoms with Gasteiger partial charge < -0.3 is 44.1 Å². The van der Waals surface area contributed by atoms with Crippen LogP contribution in [-0.2, 0) is 121 Å². The monoisotopic (exact) mass is 2340 g/mol. The number of hydrogen-bond acceptors (Lipinski definition) is 30. The molecule has 6 aromatic carbocycles. The molecule has 7 rings (SSSR count). The van der Waals surface area contributed by atoms with Crippen molar-refractivity contribution in [3.8, 4) is 17.2 Å². The van der Waals surface area contributed by atoms with Crippen LogP contribution in [0.3, 0.4) is 0 Å². The number of carbonyl (C=O) groups is 4. The molecular formula is C93H150Br4ClNO19S12. The summed E-state index contributed by atoms with van der Waals surface area (Å²) in [7, 11) is -2.98. The minimum Gasteiger partial charge on any atom is -0.508 e. The van der Waals surface area contributed by atoms with Gasteiger partial charge in [0, 0.05) is 64.2 Å². The van der Waals surface area contributed by atoms with E-state index in [2.05, 4.69) is 143 Å². The first-order chi connectivity index (χ1) is 64.6. The number of aliphatic hydroxyl groups is 3. The molecule has 0 aromatic heterocycles. The van der Waals surface area contributed by atoms with Crippen molar-refractivity contribution in [3.05, 3.63) is 196 Å². The van der Waals surface area contributed by atoms with Gasteiger partial charge >= 0.3 is 23.9 Å². The van der Waals surface area contributed by atoms with Crippen molar-refractivity contribution >= 4 is 242 Å². The molecule has 748 valence electrons. The maximum atomic E-state index is 11.8. The number of benzene rings is 6. The average Bonchev–Trinajstić information content (AvgIpc) is 0.855. The van der Waals surface area contributed by atoms with Crippen molar-refractivity contribution in [2.75, 3.05) is 130 Å². The number of nitrogens with zero attached hydrogens (tertiary/aromatic N) is 1. The lowest BCUT2D eigenvalue weighted by Crippen LogP contribution is -2.37. The number of aliphatic hydroxyl groups excluding tert-OH is 3. The Morgan fingerprint density at radius 3 is 1.18 bits per heavy atom. The summed E-state index contributed by atoms with van der Waals surface area (Å²) < 4.78 is 135. The van der Waals surface area contributed by atoms with Crippen molar-refractivity contribution in [2.24, 2.45) is 21.7 Å². The van der Waals surface area contributed by atoms with Crippen molar-refractivity contribution in [1.82, 2.24) is 4.90 Å². The van der Waals surface area contributed by atoms with Crippen LogP contribution < -0.4 is 9.47 Å². The van der Waals surface area contributed by atoms with Gasteiger partial charge in [-0.05, 0) is 232 Å². The highest BCUT2D eigenvalue weighted by Crippen LogP contribution is 2.27. The number of para-hydroxylation sites is 3. The third-order valence-corrected chi connectivity index (χ3v) is 22.6. The second-order valence-electron chi connectivity index (χ2n) is 30.5. The molecule has 0 radical (unpaired) electrons. The zero-order valence-electron chi connectivity index (χ0n) is 86.0. The minimum atomic E-state index is -3.54. The van der Waals surface area contributed by atoms with Gasteiger partial charge in [0.05, 0.1) is 84.7 Å².